The zero-order chi connectivity index (χ0) is 14.7. The number of rotatable bonds is 6. The highest BCUT2D eigenvalue weighted by Gasteiger charge is 2.21. The number of thiophene rings is 1. The Morgan fingerprint density at radius 1 is 1.29 bits per heavy atom. The molecule has 0 amide bonds. The number of fused-ring (bicyclic) bond motifs is 1. The maximum Gasteiger partial charge on any atom is 0.0802 e. The van der Waals surface area contributed by atoms with Gasteiger partial charge in [0.2, 0.25) is 0 Å². The Labute approximate surface area is 128 Å². The van der Waals surface area contributed by atoms with Crippen LogP contribution in [0, 0.1) is 0 Å². The highest BCUT2D eigenvalue weighted by atomic mass is 32.1. The molecule has 0 saturated heterocycles. The van der Waals surface area contributed by atoms with Crippen LogP contribution in [0.1, 0.15) is 37.6 Å². The van der Waals surface area contributed by atoms with Crippen molar-refractivity contribution in [3.05, 3.63) is 47.1 Å². The molecule has 3 aromatic rings. The fraction of sp³-hybridized carbons (Fsp3) is 0.375. The lowest BCUT2D eigenvalue weighted by Crippen LogP contribution is -2.24. The molecular formula is C16H20N4S. The van der Waals surface area contributed by atoms with Gasteiger partial charge >= 0.3 is 0 Å². The minimum Gasteiger partial charge on any atom is -0.305 e. The van der Waals surface area contributed by atoms with Crippen molar-refractivity contribution in [1.82, 2.24) is 20.3 Å². The third-order valence-electron chi connectivity index (χ3n) is 3.61. The number of hydrogen-bond donors (Lipinski definition) is 1. The largest absolute Gasteiger partial charge is 0.305 e. The number of benzene rings is 1. The Bertz CT molecular complexity index is 716. The number of aryl methyl sites for hydroxylation is 1. The predicted octanol–water partition coefficient (Wildman–Crippen LogP) is 3.60. The molecule has 0 radical (unpaired) electrons. The zero-order valence-corrected chi connectivity index (χ0v) is 13.2. The van der Waals surface area contributed by atoms with Gasteiger partial charge in [-0.3, -0.25) is 0 Å². The van der Waals surface area contributed by atoms with E-state index < -0.39 is 0 Å². The van der Waals surface area contributed by atoms with Crippen LogP contribution < -0.4 is 5.32 Å². The number of nitrogens with one attached hydrogen (secondary N) is 1. The van der Waals surface area contributed by atoms with Crippen LogP contribution in [-0.4, -0.2) is 21.5 Å². The molecule has 3 rings (SSSR count). The molecule has 21 heavy (non-hydrogen) atoms. The molecule has 0 bridgehead atoms. The van der Waals surface area contributed by atoms with Crippen molar-refractivity contribution in [2.24, 2.45) is 0 Å². The highest BCUT2D eigenvalue weighted by molar-refractivity contribution is 7.17. The summed E-state index contributed by atoms with van der Waals surface area (Å²) in [6.45, 7) is 6.11. The molecule has 2 aromatic heterocycles. The maximum absolute atomic E-state index is 4.23. The van der Waals surface area contributed by atoms with Crippen molar-refractivity contribution in [3.8, 4) is 0 Å². The molecule has 2 heterocycles. The molecule has 0 spiro atoms. The molecule has 0 aliphatic heterocycles. The van der Waals surface area contributed by atoms with Crippen LogP contribution >= 0.6 is 11.3 Å². The average molecular weight is 300 g/mol. The summed E-state index contributed by atoms with van der Waals surface area (Å²) in [5.74, 6) is 0. The normalized spacial score (nSPS) is 12.9. The molecular weight excluding hydrogens is 280 g/mol. The van der Waals surface area contributed by atoms with E-state index in [1.54, 1.807) is 11.3 Å². The second-order valence-electron chi connectivity index (χ2n) is 5.06. The first-order valence-electron chi connectivity index (χ1n) is 7.43. The molecule has 0 saturated carbocycles. The van der Waals surface area contributed by atoms with E-state index in [1.165, 1.54) is 15.6 Å². The first-order chi connectivity index (χ1) is 10.3. The van der Waals surface area contributed by atoms with E-state index in [2.05, 4.69) is 59.1 Å². The lowest BCUT2D eigenvalue weighted by Gasteiger charge is -2.18. The summed E-state index contributed by atoms with van der Waals surface area (Å²) in [6, 6.07) is 8.71. The van der Waals surface area contributed by atoms with Crippen LogP contribution in [0.2, 0.25) is 0 Å². The number of hydrogen-bond acceptors (Lipinski definition) is 4. The van der Waals surface area contributed by atoms with Gasteiger partial charge in [-0.2, -0.15) is 0 Å². The van der Waals surface area contributed by atoms with E-state index in [-0.39, 0.29) is 6.04 Å². The van der Waals surface area contributed by atoms with Crippen LogP contribution in [-0.2, 0) is 6.54 Å². The summed E-state index contributed by atoms with van der Waals surface area (Å²) in [5.41, 5.74) is 2.46. The molecule has 1 unspecified atom stereocenters. The molecule has 0 fully saturated rings. The van der Waals surface area contributed by atoms with Gasteiger partial charge in [-0.25, -0.2) is 4.68 Å². The van der Waals surface area contributed by atoms with Crippen LogP contribution in [0.4, 0.5) is 0 Å². The van der Waals surface area contributed by atoms with Crippen molar-refractivity contribution in [2.45, 2.75) is 32.9 Å². The topological polar surface area (TPSA) is 42.7 Å². The van der Waals surface area contributed by atoms with Crippen molar-refractivity contribution in [3.63, 3.8) is 0 Å². The van der Waals surface area contributed by atoms with E-state index in [0.29, 0.717) is 0 Å². The van der Waals surface area contributed by atoms with E-state index >= 15 is 0 Å². The Kier molecular flexibility index (Phi) is 4.31. The third kappa shape index (κ3) is 2.71. The summed E-state index contributed by atoms with van der Waals surface area (Å²) in [4.78, 5) is 0. The van der Waals surface area contributed by atoms with Crippen molar-refractivity contribution >= 4 is 21.4 Å². The van der Waals surface area contributed by atoms with Gasteiger partial charge in [0.25, 0.3) is 0 Å². The molecule has 4 nitrogen and oxygen atoms in total. The van der Waals surface area contributed by atoms with Crippen LogP contribution in [0.25, 0.3) is 10.1 Å². The molecule has 0 aliphatic carbocycles. The van der Waals surface area contributed by atoms with E-state index in [1.807, 2.05) is 10.9 Å². The fourth-order valence-electron chi connectivity index (χ4n) is 2.67. The lowest BCUT2D eigenvalue weighted by atomic mass is 10.0. The Morgan fingerprint density at radius 3 is 2.95 bits per heavy atom. The van der Waals surface area contributed by atoms with Crippen LogP contribution in [0.15, 0.2) is 35.8 Å². The summed E-state index contributed by atoms with van der Waals surface area (Å²) in [7, 11) is 0. The first-order valence-corrected chi connectivity index (χ1v) is 8.31. The Balaban J connectivity index is 2.07. The van der Waals surface area contributed by atoms with Gasteiger partial charge in [-0.05, 0) is 35.4 Å². The van der Waals surface area contributed by atoms with Gasteiger partial charge in [-0.1, -0.05) is 37.3 Å². The molecule has 1 atom stereocenters. The number of aromatic nitrogens is 3. The SMILES string of the molecule is CCCn1nncc1C(NCC)c1csc2ccccc12. The minimum absolute atomic E-state index is 0.146. The van der Waals surface area contributed by atoms with Crippen molar-refractivity contribution in [2.75, 3.05) is 6.54 Å². The monoisotopic (exact) mass is 300 g/mol. The van der Waals surface area contributed by atoms with Gasteiger partial charge in [0.1, 0.15) is 0 Å². The predicted molar refractivity (Wildman–Crippen MR) is 87.7 cm³/mol. The van der Waals surface area contributed by atoms with Gasteiger partial charge in [0.05, 0.1) is 17.9 Å². The quantitative estimate of drug-likeness (QED) is 0.756. The molecule has 1 aromatic carbocycles. The summed E-state index contributed by atoms with van der Waals surface area (Å²) in [6.07, 6.45) is 2.94. The smallest absolute Gasteiger partial charge is 0.0802 e. The van der Waals surface area contributed by atoms with Crippen molar-refractivity contribution < 1.29 is 0 Å². The Hall–Kier alpha value is -1.72. The van der Waals surface area contributed by atoms with Gasteiger partial charge in [0, 0.05) is 11.2 Å². The third-order valence-corrected chi connectivity index (χ3v) is 4.59. The van der Waals surface area contributed by atoms with E-state index in [0.717, 1.165) is 25.2 Å². The average Bonchev–Trinajstić information content (AvgIpc) is 3.12. The molecule has 0 aliphatic rings. The maximum atomic E-state index is 4.23. The lowest BCUT2D eigenvalue weighted by molar-refractivity contribution is 0.513. The Morgan fingerprint density at radius 2 is 2.14 bits per heavy atom. The second kappa shape index (κ2) is 6.37. The van der Waals surface area contributed by atoms with E-state index in [9.17, 15) is 0 Å². The summed E-state index contributed by atoms with van der Waals surface area (Å²) in [5, 5.41) is 15.5. The van der Waals surface area contributed by atoms with Gasteiger partial charge < -0.3 is 5.32 Å². The standard InChI is InChI=1S/C16H20N4S/c1-3-9-20-14(10-18-19-20)16(17-4-2)13-11-21-15-8-6-5-7-12(13)15/h5-8,10-11,16-17H,3-4,9H2,1-2H3. The molecule has 5 heteroatoms. The van der Waals surface area contributed by atoms with E-state index in [4.69, 9.17) is 0 Å². The zero-order valence-electron chi connectivity index (χ0n) is 12.4. The first kappa shape index (κ1) is 14.2. The minimum atomic E-state index is 0.146. The summed E-state index contributed by atoms with van der Waals surface area (Å²) >= 11 is 1.79. The molecule has 1 N–H and O–H groups in total. The van der Waals surface area contributed by atoms with Gasteiger partial charge in [-0.15, -0.1) is 16.4 Å². The summed E-state index contributed by atoms with van der Waals surface area (Å²) < 4.78 is 3.34. The molecule has 110 valence electrons. The number of nitrogens with zero attached hydrogens (tertiary/aromatic N) is 3. The fourth-order valence-corrected chi connectivity index (χ4v) is 3.66. The van der Waals surface area contributed by atoms with Crippen LogP contribution in [0.3, 0.4) is 0 Å². The second-order valence-corrected chi connectivity index (χ2v) is 5.97. The van der Waals surface area contributed by atoms with Crippen molar-refractivity contribution in [1.29, 1.82) is 0 Å². The highest BCUT2D eigenvalue weighted by Crippen LogP contribution is 2.33. The van der Waals surface area contributed by atoms with Gasteiger partial charge in [0.15, 0.2) is 0 Å². The van der Waals surface area contributed by atoms with Crippen LogP contribution in [0.5, 0.6) is 0 Å².